The van der Waals surface area contributed by atoms with E-state index in [9.17, 15) is 14.3 Å². The molecular formula is C16H24FN3O2. The molecule has 0 radical (unpaired) electrons. The van der Waals surface area contributed by atoms with Crippen molar-refractivity contribution in [2.45, 2.75) is 6.54 Å². The Bertz CT molecular complexity index is 510. The van der Waals surface area contributed by atoms with Gasteiger partial charge in [-0.05, 0) is 37.7 Å². The normalized spacial score (nSPS) is 21.4. The number of aliphatic hydroxyl groups excluding tert-OH is 1. The molecule has 1 aromatic rings. The highest BCUT2D eigenvalue weighted by molar-refractivity contribution is 5.74. The van der Waals surface area contributed by atoms with Crippen LogP contribution in [0.2, 0.25) is 0 Å². The Balaban J connectivity index is 1.87. The molecule has 2 atom stereocenters. The van der Waals surface area contributed by atoms with Gasteiger partial charge in [0.25, 0.3) is 0 Å². The van der Waals surface area contributed by atoms with Gasteiger partial charge in [-0.25, -0.2) is 9.18 Å². The number of likely N-dealkylation sites (tertiary alicyclic amines) is 1. The van der Waals surface area contributed by atoms with Crippen LogP contribution in [-0.4, -0.2) is 61.3 Å². The van der Waals surface area contributed by atoms with Crippen LogP contribution >= 0.6 is 0 Å². The standard InChI is InChI=1S/C16H24FN3O2/c1-19(2)8-13-9-20(10-14(13)11-21)16(22)18-7-12-4-3-5-15(17)6-12/h3-6,13-14,21H,7-11H2,1-2H3,(H,18,22)/t13-,14-/m1/s1. The lowest BCUT2D eigenvalue weighted by Crippen LogP contribution is -2.38. The van der Waals surface area contributed by atoms with Gasteiger partial charge in [0, 0.05) is 38.7 Å². The number of benzene rings is 1. The summed E-state index contributed by atoms with van der Waals surface area (Å²) in [4.78, 5) is 16.0. The van der Waals surface area contributed by atoms with E-state index in [1.807, 2.05) is 14.1 Å². The van der Waals surface area contributed by atoms with Crippen molar-refractivity contribution in [3.63, 3.8) is 0 Å². The van der Waals surface area contributed by atoms with Gasteiger partial charge in [0.1, 0.15) is 5.82 Å². The van der Waals surface area contributed by atoms with Gasteiger partial charge >= 0.3 is 6.03 Å². The summed E-state index contributed by atoms with van der Waals surface area (Å²) in [5.41, 5.74) is 0.732. The molecule has 0 aromatic heterocycles. The number of amides is 2. The lowest BCUT2D eigenvalue weighted by molar-refractivity contribution is 0.183. The van der Waals surface area contributed by atoms with E-state index in [4.69, 9.17) is 0 Å². The van der Waals surface area contributed by atoms with Crippen molar-refractivity contribution in [3.8, 4) is 0 Å². The zero-order chi connectivity index (χ0) is 16.1. The quantitative estimate of drug-likeness (QED) is 0.857. The van der Waals surface area contributed by atoms with Crippen LogP contribution < -0.4 is 5.32 Å². The maximum absolute atomic E-state index is 13.1. The lowest BCUT2D eigenvalue weighted by Gasteiger charge is -2.20. The van der Waals surface area contributed by atoms with Crippen molar-refractivity contribution < 1.29 is 14.3 Å². The first-order valence-corrected chi connectivity index (χ1v) is 7.52. The molecule has 6 heteroatoms. The number of carbonyl (C=O) groups is 1. The fourth-order valence-corrected chi connectivity index (χ4v) is 2.92. The number of nitrogens with zero attached hydrogens (tertiary/aromatic N) is 2. The third-order valence-corrected chi connectivity index (χ3v) is 4.03. The van der Waals surface area contributed by atoms with E-state index in [1.54, 1.807) is 17.0 Å². The minimum absolute atomic E-state index is 0.0895. The van der Waals surface area contributed by atoms with Gasteiger partial charge in [-0.2, -0.15) is 0 Å². The lowest BCUT2D eigenvalue weighted by atomic mass is 9.97. The maximum Gasteiger partial charge on any atom is 0.317 e. The molecule has 0 bridgehead atoms. The fraction of sp³-hybridized carbons (Fsp3) is 0.562. The van der Waals surface area contributed by atoms with Gasteiger partial charge < -0.3 is 20.2 Å². The zero-order valence-corrected chi connectivity index (χ0v) is 13.1. The molecule has 1 heterocycles. The van der Waals surface area contributed by atoms with Crippen LogP contribution in [0.1, 0.15) is 5.56 Å². The van der Waals surface area contributed by atoms with Crippen LogP contribution in [0, 0.1) is 17.7 Å². The fourth-order valence-electron chi connectivity index (χ4n) is 2.92. The Hall–Kier alpha value is -1.66. The number of hydrogen-bond donors (Lipinski definition) is 2. The minimum atomic E-state index is -0.306. The number of urea groups is 1. The summed E-state index contributed by atoms with van der Waals surface area (Å²) in [6, 6.07) is 6.03. The molecule has 2 N–H and O–H groups in total. The second kappa shape index (κ2) is 7.56. The third-order valence-electron chi connectivity index (χ3n) is 4.03. The molecule has 0 aliphatic carbocycles. The average molecular weight is 309 g/mol. The van der Waals surface area contributed by atoms with E-state index in [-0.39, 0.29) is 30.3 Å². The van der Waals surface area contributed by atoms with E-state index >= 15 is 0 Å². The topological polar surface area (TPSA) is 55.8 Å². The molecule has 0 spiro atoms. The summed E-state index contributed by atoms with van der Waals surface area (Å²) in [6.45, 7) is 2.43. The monoisotopic (exact) mass is 309 g/mol. The molecular weight excluding hydrogens is 285 g/mol. The molecule has 1 fully saturated rings. The summed E-state index contributed by atoms with van der Waals surface area (Å²) in [6.07, 6.45) is 0. The predicted octanol–water partition coefficient (Wildman–Crippen LogP) is 1.14. The maximum atomic E-state index is 13.1. The zero-order valence-electron chi connectivity index (χ0n) is 13.1. The predicted molar refractivity (Wildman–Crippen MR) is 82.8 cm³/mol. The van der Waals surface area contributed by atoms with E-state index in [0.717, 1.165) is 12.1 Å². The highest BCUT2D eigenvalue weighted by Crippen LogP contribution is 2.23. The van der Waals surface area contributed by atoms with Gasteiger partial charge in [0.15, 0.2) is 0 Å². The number of carbonyl (C=O) groups excluding carboxylic acids is 1. The van der Waals surface area contributed by atoms with Gasteiger partial charge in [-0.1, -0.05) is 12.1 Å². The second-order valence-corrected chi connectivity index (χ2v) is 6.16. The van der Waals surface area contributed by atoms with Crippen LogP contribution in [0.5, 0.6) is 0 Å². The van der Waals surface area contributed by atoms with Gasteiger partial charge in [0.2, 0.25) is 0 Å². The highest BCUT2D eigenvalue weighted by Gasteiger charge is 2.34. The molecule has 2 amide bonds. The van der Waals surface area contributed by atoms with E-state index in [1.165, 1.54) is 12.1 Å². The first-order valence-electron chi connectivity index (χ1n) is 7.52. The molecule has 2 rings (SSSR count). The highest BCUT2D eigenvalue weighted by atomic mass is 19.1. The van der Waals surface area contributed by atoms with Crippen molar-refractivity contribution in [1.82, 2.24) is 15.1 Å². The molecule has 1 aliphatic heterocycles. The largest absolute Gasteiger partial charge is 0.396 e. The van der Waals surface area contributed by atoms with Crippen molar-refractivity contribution >= 4 is 6.03 Å². The van der Waals surface area contributed by atoms with Crippen molar-refractivity contribution in [2.75, 3.05) is 40.3 Å². The third kappa shape index (κ3) is 4.42. The molecule has 122 valence electrons. The van der Waals surface area contributed by atoms with Crippen LogP contribution in [0.4, 0.5) is 9.18 Å². The number of rotatable bonds is 5. The summed E-state index contributed by atoms with van der Waals surface area (Å²) in [5, 5.41) is 12.3. The summed E-state index contributed by atoms with van der Waals surface area (Å²) in [5.74, 6) is 0.0848. The van der Waals surface area contributed by atoms with Gasteiger partial charge in [0.05, 0.1) is 0 Å². The average Bonchev–Trinajstić information content (AvgIpc) is 2.87. The van der Waals surface area contributed by atoms with Crippen LogP contribution in [0.3, 0.4) is 0 Å². The number of halogens is 1. The van der Waals surface area contributed by atoms with Crippen LogP contribution in [0.25, 0.3) is 0 Å². The van der Waals surface area contributed by atoms with E-state index in [0.29, 0.717) is 19.6 Å². The molecule has 0 saturated carbocycles. The Morgan fingerprint density at radius 2 is 2.14 bits per heavy atom. The molecule has 1 saturated heterocycles. The van der Waals surface area contributed by atoms with Crippen molar-refractivity contribution in [1.29, 1.82) is 0 Å². The summed E-state index contributed by atoms with van der Waals surface area (Å²) >= 11 is 0. The molecule has 0 unspecified atom stereocenters. The van der Waals surface area contributed by atoms with Crippen molar-refractivity contribution in [2.24, 2.45) is 11.8 Å². The first kappa shape index (κ1) is 16.7. The molecule has 5 nitrogen and oxygen atoms in total. The molecule has 1 aromatic carbocycles. The van der Waals surface area contributed by atoms with Crippen LogP contribution in [-0.2, 0) is 6.54 Å². The van der Waals surface area contributed by atoms with Crippen LogP contribution in [0.15, 0.2) is 24.3 Å². The smallest absolute Gasteiger partial charge is 0.317 e. The van der Waals surface area contributed by atoms with E-state index < -0.39 is 0 Å². The SMILES string of the molecule is CN(C)C[C@@H]1CN(C(=O)NCc2cccc(F)c2)C[C@@H]1CO. The second-order valence-electron chi connectivity index (χ2n) is 6.16. The Kier molecular flexibility index (Phi) is 5.74. The van der Waals surface area contributed by atoms with Gasteiger partial charge in [-0.3, -0.25) is 0 Å². The Morgan fingerprint density at radius 3 is 2.77 bits per heavy atom. The molecule has 22 heavy (non-hydrogen) atoms. The van der Waals surface area contributed by atoms with E-state index in [2.05, 4.69) is 10.2 Å². The minimum Gasteiger partial charge on any atom is -0.396 e. The Morgan fingerprint density at radius 1 is 1.41 bits per heavy atom. The van der Waals surface area contributed by atoms with Gasteiger partial charge in [-0.15, -0.1) is 0 Å². The summed E-state index contributed by atoms with van der Waals surface area (Å²) < 4.78 is 13.1. The summed E-state index contributed by atoms with van der Waals surface area (Å²) in [7, 11) is 3.97. The Labute approximate surface area is 130 Å². The van der Waals surface area contributed by atoms with Crippen molar-refractivity contribution in [3.05, 3.63) is 35.6 Å². The number of hydrogen-bond acceptors (Lipinski definition) is 3. The first-order chi connectivity index (χ1) is 10.5. The molecule has 1 aliphatic rings. The number of aliphatic hydroxyl groups is 1. The number of nitrogens with one attached hydrogen (secondary N) is 1.